The van der Waals surface area contributed by atoms with Gasteiger partial charge in [0.15, 0.2) is 0 Å². The van der Waals surface area contributed by atoms with Crippen molar-refractivity contribution in [1.29, 1.82) is 5.26 Å². The minimum Gasteiger partial charge on any atom is -0.354 e. The maximum absolute atomic E-state index is 13.2. The first-order valence-electron chi connectivity index (χ1n) is 10.7. The van der Waals surface area contributed by atoms with E-state index in [9.17, 15) is 19.2 Å². The van der Waals surface area contributed by atoms with Gasteiger partial charge in [0.25, 0.3) is 11.8 Å². The Morgan fingerprint density at radius 1 is 1.12 bits per heavy atom. The van der Waals surface area contributed by atoms with Crippen LogP contribution in [0, 0.1) is 11.3 Å². The molecule has 2 aliphatic rings. The molecular formula is C23H23N5O4S. The summed E-state index contributed by atoms with van der Waals surface area (Å²) in [5.41, 5.74) is 0.846. The summed E-state index contributed by atoms with van der Waals surface area (Å²) in [6.07, 6.45) is 1.28. The second kappa shape index (κ2) is 9.83. The van der Waals surface area contributed by atoms with Crippen molar-refractivity contribution in [2.45, 2.75) is 24.9 Å². The van der Waals surface area contributed by atoms with Crippen molar-refractivity contribution in [2.24, 2.45) is 0 Å². The molecule has 170 valence electrons. The maximum Gasteiger partial charge on any atom is 0.264 e. The normalized spacial score (nSPS) is 20.5. The second-order valence-electron chi connectivity index (χ2n) is 7.93. The topological polar surface area (TPSA) is 123 Å². The third kappa shape index (κ3) is 4.88. The minimum atomic E-state index is -0.926. The van der Waals surface area contributed by atoms with E-state index >= 15 is 0 Å². The van der Waals surface area contributed by atoms with Crippen LogP contribution >= 0.6 is 11.3 Å². The number of carbonyl (C=O) groups is 4. The van der Waals surface area contributed by atoms with E-state index in [0.29, 0.717) is 29.0 Å². The third-order valence-corrected chi connectivity index (χ3v) is 6.68. The van der Waals surface area contributed by atoms with E-state index in [4.69, 9.17) is 5.26 Å². The van der Waals surface area contributed by atoms with Gasteiger partial charge >= 0.3 is 0 Å². The summed E-state index contributed by atoms with van der Waals surface area (Å²) >= 11 is 1.29. The van der Waals surface area contributed by atoms with Crippen molar-refractivity contribution >= 4 is 35.0 Å². The van der Waals surface area contributed by atoms with Gasteiger partial charge in [-0.3, -0.25) is 19.2 Å². The fourth-order valence-corrected chi connectivity index (χ4v) is 4.70. The Labute approximate surface area is 195 Å². The first-order chi connectivity index (χ1) is 16.0. The number of amides is 4. The molecule has 0 radical (unpaired) electrons. The number of nitriles is 1. The number of piperazine rings is 1. The van der Waals surface area contributed by atoms with Crippen LogP contribution in [-0.2, 0) is 9.59 Å². The van der Waals surface area contributed by atoms with Gasteiger partial charge in [-0.25, -0.2) is 0 Å². The van der Waals surface area contributed by atoms with Gasteiger partial charge in [-0.05, 0) is 48.6 Å². The first-order valence-corrected chi connectivity index (χ1v) is 11.6. The molecule has 2 N–H and O–H groups in total. The van der Waals surface area contributed by atoms with Crippen LogP contribution in [0.4, 0.5) is 0 Å². The van der Waals surface area contributed by atoms with Crippen LogP contribution < -0.4 is 10.6 Å². The molecule has 1 aromatic carbocycles. The van der Waals surface area contributed by atoms with Gasteiger partial charge in [0.1, 0.15) is 12.1 Å². The van der Waals surface area contributed by atoms with Gasteiger partial charge in [-0.1, -0.05) is 6.07 Å². The Morgan fingerprint density at radius 3 is 2.58 bits per heavy atom. The monoisotopic (exact) mass is 465 g/mol. The SMILES string of the molecule is N#Cc1ccc(C(=O)N2CCN(C(=O)c3cccs3)[C@@H](C(=O)N[C@@H]3CCCNC3=O)C2)cc1. The number of hydrogen-bond acceptors (Lipinski definition) is 6. The predicted molar refractivity (Wildman–Crippen MR) is 120 cm³/mol. The molecule has 0 unspecified atom stereocenters. The summed E-state index contributed by atoms with van der Waals surface area (Å²) < 4.78 is 0. The lowest BCUT2D eigenvalue weighted by Gasteiger charge is -2.41. The lowest BCUT2D eigenvalue weighted by Crippen LogP contribution is -2.63. The molecule has 0 saturated carbocycles. The van der Waals surface area contributed by atoms with Gasteiger partial charge in [-0.2, -0.15) is 5.26 Å². The largest absolute Gasteiger partial charge is 0.354 e. The highest BCUT2D eigenvalue weighted by atomic mass is 32.1. The smallest absolute Gasteiger partial charge is 0.264 e. The van der Waals surface area contributed by atoms with E-state index in [1.165, 1.54) is 21.1 Å². The molecule has 4 amide bonds. The Morgan fingerprint density at radius 2 is 1.91 bits per heavy atom. The van der Waals surface area contributed by atoms with E-state index in [2.05, 4.69) is 10.6 Å². The predicted octanol–water partition coefficient (Wildman–Crippen LogP) is 0.981. The van der Waals surface area contributed by atoms with Crippen molar-refractivity contribution in [2.75, 3.05) is 26.2 Å². The summed E-state index contributed by atoms with van der Waals surface area (Å²) in [4.78, 5) is 55.0. The van der Waals surface area contributed by atoms with E-state index in [1.54, 1.807) is 41.8 Å². The average molecular weight is 466 g/mol. The molecule has 2 aromatic rings. The Balaban J connectivity index is 1.54. The molecule has 2 aliphatic heterocycles. The molecule has 2 fully saturated rings. The van der Waals surface area contributed by atoms with Crippen LogP contribution in [0.2, 0.25) is 0 Å². The zero-order valence-corrected chi connectivity index (χ0v) is 18.6. The highest BCUT2D eigenvalue weighted by Gasteiger charge is 2.39. The van der Waals surface area contributed by atoms with E-state index in [-0.39, 0.29) is 37.4 Å². The molecule has 0 bridgehead atoms. The zero-order chi connectivity index (χ0) is 23.4. The first kappa shape index (κ1) is 22.5. The number of nitrogens with zero attached hydrogens (tertiary/aromatic N) is 3. The number of rotatable bonds is 4. The Kier molecular flexibility index (Phi) is 6.70. The summed E-state index contributed by atoms with van der Waals surface area (Å²) in [6, 6.07) is 10.2. The molecule has 0 spiro atoms. The molecule has 0 aliphatic carbocycles. The molecule has 2 saturated heterocycles. The van der Waals surface area contributed by atoms with Gasteiger partial charge < -0.3 is 20.4 Å². The van der Waals surface area contributed by atoms with Gasteiger partial charge in [0.05, 0.1) is 23.1 Å². The van der Waals surface area contributed by atoms with E-state index in [0.717, 1.165) is 6.42 Å². The quantitative estimate of drug-likeness (QED) is 0.697. The summed E-state index contributed by atoms with van der Waals surface area (Å²) in [5.74, 6) is -1.26. The van der Waals surface area contributed by atoms with E-state index < -0.39 is 18.0 Å². The molecule has 33 heavy (non-hydrogen) atoms. The third-order valence-electron chi connectivity index (χ3n) is 5.83. The Bertz CT molecular complexity index is 1090. The molecule has 2 atom stereocenters. The molecule has 9 nitrogen and oxygen atoms in total. The highest BCUT2D eigenvalue weighted by Crippen LogP contribution is 2.20. The molecule has 1 aromatic heterocycles. The fourth-order valence-electron chi connectivity index (χ4n) is 4.02. The van der Waals surface area contributed by atoms with Gasteiger partial charge in [-0.15, -0.1) is 11.3 Å². The van der Waals surface area contributed by atoms with Crippen molar-refractivity contribution in [3.05, 3.63) is 57.8 Å². The lowest BCUT2D eigenvalue weighted by atomic mass is 10.0. The number of nitrogens with one attached hydrogen (secondary N) is 2. The number of piperidine rings is 1. The maximum atomic E-state index is 13.2. The van der Waals surface area contributed by atoms with Gasteiger partial charge in [0.2, 0.25) is 11.8 Å². The van der Waals surface area contributed by atoms with Crippen LogP contribution in [0.3, 0.4) is 0 Å². The van der Waals surface area contributed by atoms with Crippen LogP contribution in [0.5, 0.6) is 0 Å². The lowest BCUT2D eigenvalue weighted by molar-refractivity contribution is -0.133. The molecule has 10 heteroatoms. The summed E-state index contributed by atoms with van der Waals surface area (Å²) in [6.45, 7) is 1.04. The summed E-state index contributed by atoms with van der Waals surface area (Å²) in [7, 11) is 0. The second-order valence-corrected chi connectivity index (χ2v) is 8.87. The average Bonchev–Trinajstić information content (AvgIpc) is 3.39. The van der Waals surface area contributed by atoms with E-state index in [1.807, 2.05) is 6.07 Å². The number of hydrogen-bond donors (Lipinski definition) is 2. The van der Waals surface area contributed by atoms with Crippen molar-refractivity contribution in [3.63, 3.8) is 0 Å². The molecule has 4 rings (SSSR count). The molecule has 3 heterocycles. The van der Waals surface area contributed by atoms with Crippen molar-refractivity contribution < 1.29 is 19.2 Å². The summed E-state index contributed by atoms with van der Waals surface area (Å²) in [5, 5.41) is 16.3. The minimum absolute atomic E-state index is 0.0100. The van der Waals surface area contributed by atoms with Crippen LogP contribution in [-0.4, -0.2) is 71.7 Å². The fraction of sp³-hybridized carbons (Fsp3) is 0.348. The van der Waals surface area contributed by atoms with Gasteiger partial charge in [0, 0.05) is 25.2 Å². The van der Waals surface area contributed by atoms with Crippen molar-refractivity contribution in [3.8, 4) is 6.07 Å². The Hall–Kier alpha value is -3.71. The zero-order valence-electron chi connectivity index (χ0n) is 17.8. The highest BCUT2D eigenvalue weighted by molar-refractivity contribution is 7.12. The standard InChI is InChI=1S/C23H23N5O4S/c24-13-15-5-7-16(8-6-15)22(31)27-10-11-28(23(32)19-4-2-12-33-19)18(14-27)21(30)26-17-3-1-9-25-20(17)29/h2,4-8,12,17-18H,1,3,9-11,14H2,(H,25,29)(H,26,30)/t17-,18-/m1/s1. The van der Waals surface area contributed by atoms with Crippen molar-refractivity contribution in [1.82, 2.24) is 20.4 Å². The molecular weight excluding hydrogens is 442 g/mol. The van der Waals surface area contributed by atoms with Crippen LogP contribution in [0.15, 0.2) is 41.8 Å². The van der Waals surface area contributed by atoms with Crippen LogP contribution in [0.25, 0.3) is 0 Å². The van der Waals surface area contributed by atoms with Crippen LogP contribution in [0.1, 0.15) is 38.4 Å². The number of thiophene rings is 1. The number of benzene rings is 1. The number of carbonyl (C=O) groups excluding carboxylic acids is 4.